The van der Waals surface area contributed by atoms with E-state index in [0.717, 1.165) is 35.2 Å². The SMILES string of the molecule is CC[C@]1(c2ccccc2)C2=CN=NC2NC2=C1C(=O)C[C@@](C)(COC)C2. The molecule has 3 aliphatic rings. The number of ketones is 1. The van der Waals surface area contributed by atoms with E-state index in [1.165, 1.54) is 0 Å². The molecule has 1 aromatic rings. The zero-order valence-corrected chi connectivity index (χ0v) is 15.6. The van der Waals surface area contributed by atoms with Gasteiger partial charge in [-0.15, -0.1) is 0 Å². The van der Waals surface area contributed by atoms with Crippen molar-refractivity contribution in [1.82, 2.24) is 5.32 Å². The van der Waals surface area contributed by atoms with E-state index in [1.807, 2.05) is 24.4 Å². The van der Waals surface area contributed by atoms with Crippen molar-refractivity contribution in [1.29, 1.82) is 0 Å². The summed E-state index contributed by atoms with van der Waals surface area (Å²) >= 11 is 0. The van der Waals surface area contributed by atoms with Crippen LogP contribution in [0.25, 0.3) is 0 Å². The van der Waals surface area contributed by atoms with Crippen molar-refractivity contribution in [3.05, 3.63) is 58.9 Å². The maximum atomic E-state index is 13.4. The van der Waals surface area contributed by atoms with Crippen LogP contribution in [0.1, 0.15) is 38.7 Å². The van der Waals surface area contributed by atoms with Gasteiger partial charge in [-0.3, -0.25) is 4.79 Å². The Bertz CT molecular complexity index is 827. The van der Waals surface area contributed by atoms with Crippen LogP contribution in [-0.4, -0.2) is 25.7 Å². The predicted molar refractivity (Wildman–Crippen MR) is 99.5 cm³/mol. The van der Waals surface area contributed by atoms with Crippen molar-refractivity contribution in [3.8, 4) is 0 Å². The third-order valence-electron chi connectivity index (χ3n) is 5.97. The number of fused-ring (bicyclic) bond motifs is 1. The van der Waals surface area contributed by atoms with Crippen LogP contribution in [0.2, 0.25) is 0 Å². The van der Waals surface area contributed by atoms with Gasteiger partial charge in [0.15, 0.2) is 11.9 Å². The number of ether oxygens (including phenoxy) is 1. The normalized spacial score (nSPS) is 32.8. The highest BCUT2D eigenvalue weighted by Gasteiger charge is 2.53. The van der Waals surface area contributed by atoms with Crippen LogP contribution in [0, 0.1) is 5.41 Å². The molecule has 2 aliphatic heterocycles. The van der Waals surface area contributed by atoms with Gasteiger partial charge in [-0.25, -0.2) is 0 Å². The summed E-state index contributed by atoms with van der Waals surface area (Å²) in [6, 6.07) is 10.3. The molecular weight excluding hydrogens is 326 g/mol. The zero-order chi connectivity index (χ0) is 18.4. The summed E-state index contributed by atoms with van der Waals surface area (Å²) in [6.07, 6.45) is 3.75. The largest absolute Gasteiger partial charge is 0.384 e. The maximum Gasteiger partial charge on any atom is 0.164 e. The Morgan fingerprint density at radius 2 is 2.04 bits per heavy atom. The van der Waals surface area contributed by atoms with Crippen molar-refractivity contribution in [2.75, 3.05) is 13.7 Å². The fourth-order valence-corrected chi connectivity index (χ4v) is 4.96. The fourth-order valence-electron chi connectivity index (χ4n) is 4.96. The molecule has 0 aromatic heterocycles. The van der Waals surface area contributed by atoms with E-state index in [4.69, 9.17) is 4.74 Å². The molecule has 2 heterocycles. The van der Waals surface area contributed by atoms with E-state index < -0.39 is 5.41 Å². The summed E-state index contributed by atoms with van der Waals surface area (Å²) in [5.41, 5.74) is 3.48. The van der Waals surface area contributed by atoms with Crippen LogP contribution in [0.4, 0.5) is 0 Å². The van der Waals surface area contributed by atoms with Crippen LogP contribution in [0.5, 0.6) is 0 Å². The highest BCUT2D eigenvalue weighted by atomic mass is 16.5. The second-order valence-corrected chi connectivity index (χ2v) is 7.86. The van der Waals surface area contributed by atoms with Crippen LogP contribution in [-0.2, 0) is 14.9 Å². The van der Waals surface area contributed by atoms with Crippen LogP contribution < -0.4 is 5.32 Å². The molecule has 1 aliphatic carbocycles. The van der Waals surface area contributed by atoms with Gasteiger partial charge in [-0.05, 0) is 18.4 Å². The Morgan fingerprint density at radius 1 is 1.27 bits per heavy atom. The first-order valence-corrected chi connectivity index (χ1v) is 9.22. The molecule has 0 fully saturated rings. The molecule has 3 atom stereocenters. The highest BCUT2D eigenvalue weighted by Crippen LogP contribution is 2.53. The molecule has 0 bridgehead atoms. The summed E-state index contributed by atoms with van der Waals surface area (Å²) in [5.74, 6) is 0.204. The molecule has 0 spiro atoms. The first-order valence-electron chi connectivity index (χ1n) is 9.22. The van der Waals surface area contributed by atoms with E-state index in [2.05, 4.69) is 41.5 Å². The van der Waals surface area contributed by atoms with Gasteiger partial charge >= 0.3 is 0 Å². The standard InChI is InChI=1S/C21H25N3O2/c1-4-21(14-8-6-5-7-9-14)15-12-22-24-19(15)23-16-10-20(2,13-26-3)11-17(25)18(16)21/h5-9,12,19,23H,4,10-11,13H2,1-3H3/t19?,20-,21-/m0/s1. The second-order valence-electron chi connectivity index (χ2n) is 7.86. The number of carbonyl (C=O) groups is 1. The minimum Gasteiger partial charge on any atom is -0.384 e. The first-order chi connectivity index (χ1) is 12.5. The lowest BCUT2D eigenvalue weighted by molar-refractivity contribution is -0.120. The molecule has 0 radical (unpaired) electrons. The number of nitrogens with one attached hydrogen (secondary N) is 1. The maximum absolute atomic E-state index is 13.4. The molecule has 1 N–H and O–H groups in total. The molecule has 1 aromatic carbocycles. The van der Waals surface area contributed by atoms with Gasteiger partial charge in [0.2, 0.25) is 0 Å². The monoisotopic (exact) mass is 351 g/mol. The van der Waals surface area contributed by atoms with Gasteiger partial charge in [0.25, 0.3) is 0 Å². The van der Waals surface area contributed by atoms with Crippen molar-refractivity contribution < 1.29 is 9.53 Å². The van der Waals surface area contributed by atoms with Gasteiger partial charge in [-0.1, -0.05) is 44.2 Å². The number of carbonyl (C=O) groups excluding carboxylic acids is 1. The Kier molecular flexibility index (Phi) is 4.07. The van der Waals surface area contributed by atoms with Gasteiger partial charge in [0, 0.05) is 35.8 Å². The quantitative estimate of drug-likeness (QED) is 0.895. The van der Waals surface area contributed by atoms with E-state index in [1.54, 1.807) is 7.11 Å². The Hall–Kier alpha value is -2.27. The topological polar surface area (TPSA) is 63.0 Å². The van der Waals surface area contributed by atoms with Gasteiger partial charge in [-0.2, -0.15) is 10.2 Å². The fraction of sp³-hybridized carbons (Fsp3) is 0.476. The predicted octanol–water partition coefficient (Wildman–Crippen LogP) is 3.88. The van der Waals surface area contributed by atoms with Crippen molar-refractivity contribution in [2.24, 2.45) is 15.6 Å². The van der Waals surface area contributed by atoms with Gasteiger partial charge in [0.1, 0.15) is 0 Å². The van der Waals surface area contributed by atoms with Crippen molar-refractivity contribution >= 4 is 5.78 Å². The molecular formula is C21H25N3O2. The molecule has 0 saturated heterocycles. The molecule has 0 amide bonds. The lowest BCUT2D eigenvalue weighted by Gasteiger charge is -2.48. The summed E-state index contributed by atoms with van der Waals surface area (Å²) in [4.78, 5) is 13.4. The van der Waals surface area contributed by atoms with E-state index in [9.17, 15) is 4.79 Å². The zero-order valence-electron chi connectivity index (χ0n) is 15.6. The van der Waals surface area contributed by atoms with Gasteiger partial charge in [0.05, 0.1) is 18.2 Å². The first kappa shape index (κ1) is 17.2. The number of benzene rings is 1. The Labute approximate surface area is 154 Å². The number of nitrogens with zero attached hydrogens (tertiary/aromatic N) is 2. The average Bonchev–Trinajstić information content (AvgIpc) is 3.09. The number of Topliss-reactive ketones (excluding diaryl/α,β-unsaturated/α-hetero) is 1. The van der Waals surface area contributed by atoms with Crippen molar-refractivity contribution in [2.45, 2.75) is 44.7 Å². The number of rotatable bonds is 4. The highest BCUT2D eigenvalue weighted by molar-refractivity contribution is 6.01. The number of methoxy groups -OCH3 is 1. The minimum atomic E-state index is -0.457. The molecule has 5 nitrogen and oxygen atoms in total. The number of hydrogen-bond donors (Lipinski definition) is 1. The van der Waals surface area contributed by atoms with Crippen molar-refractivity contribution in [3.63, 3.8) is 0 Å². The lowest BCUT2D eigenvalue weighted by Crippen LogP contribution is -2.52. The summed E-state index contributed by atoms with van der Waals surface area (Å²) in [5, 5.41) is 12.1. The van der Waals surface area contributed by atoms with Crippen LogP contribution >= 0.6 is 0 Å². The molecule has 5 heteroatoms. The second kappa shape index (κ2) is 6.16. The number of azo groups is 1. The summed E-state index contributed by atoms with van der Waals surface area (Å²) < 4.78 is 5.41. The molecule has 136 valence electrons. The molecule has 1 unspecified atom stereocenters. The van der Waals surface area contributed by atoms with E-state index in [0.29, 0.717) is 13.0 Å². The van der Waals surface area contributed by atoms with Crippen LogP contribution in [0.15, 0.2) is 63.6 Å². The summed E-state index contributed by atoms with van der Waals surface area (Å²) in [6.45, 7) is 4.84. The third kappa shape index (κ3) is 2.37. The van der Waals surface area contributed by atoms with E-state index >= 15 is 0 Å². The van der Waals surface area contributed by atoms with Crippen LogP contribution in [0.3, 0.4) is 0 Å². The number of hydrogen-bond acceptors (Lipinski definition) is 5. The molecule has 0 saturated carbocycles. The minimum absolute atomic E-state index is 0.188. The summed E-state index contributed by atoms with van der Waals surface area (Å²) in [7, 11) is 1.69. The average molecular weight is 351 g/mol. The smallest absolute Gasteiger partial charge is 0.164 e. The van der Waals surface area contributed by atoms with E-state index in [-0.39, 0.29) is 17.4 Å². The Balaban J connectivity index is 1.93. The lowest BCUT2D eigenvalue weighted by atomic mass is 9.58. The molecule has 4 rings (SSSR count). The van der Waals surface area contributed by atoms with Gasteiger partial charge < -0.3 is 10.1 Å². The number of allylic oxidation sites excluding steroid dienone is 2. The Morgan fingerprint density at radius 3 is 2.73 bits per heavy atom. The third-order valence-corrected chi connectivity index (χ3v) is 5.97. The molecule has 26 heavy (non-hydrogen) atoms.